The van der Waals surface area contributed by atoms with Gasteiger partial charge in [0.05, 0.1) is 12.2 Å². The molecule has 0 aromatic rings. The SMILES string of the molecule is CC(O)CC(CC(C)O)C(C)(N=NC(C)(C)C(=O)O)C(=O)O. The highest BCUT2D eigenvalue weighted by atomic mass is 16.4. The van der Waals surface area contributed by atoms with Crippen molar-refractivity contribution in [1.29, 1.82) is 0 Å². The Labute approximate surface area is 129 Å². The van der Waals surface area contributed by atoms with Gasteiger partial charge in [-0.15, -0.1) is 0 Å². The fourth-order valence-corrected chi connectivity index (χ4v) is 1.95. The molecule has 22 heavy (non-hydrogen) atoms. The lowest BCUT2D eigenvalue weighted by Crippen LogP contribution is -2.44. The first-order valence-electron chi connectivity index (χ1n) is 7.10. The molecular weight excluding hydrogens is 292 g/mol. The number of carboxylic acids is 2. The maximum absolute atomic E-state index is 11.6. The number of carbonyl (C=O) groups is 2. The molecule has 0 heterocycles. The van der Waals surface area contributed by atoms with Crippen LogP contribution in [0, 0.1) is 5.92 Å². The zero-order valence-corrected chi connectivity index (χ0v) is 13.6. The second-order valence-corrected chi connectivity index (χ2v) is 6.38. The zero-order valence-electron chi connectivity index (χ0n) is 13.6. The summed E-state index contributed by atoms with van der Waals surface area (Å²) in [6, 6.07) is 0. The van der Waals surface area contributed by atoms with Crippen LogP contribution in [0.5, 0.6) is 0 Å². The van der Waals surface area contributed by atoms with E-state index in [0.29, 0.717) is 0 Å². The van der Waals surface area contributed by atoms with E-state index >= 15 is 0 Å². The Bertz CT molecular complexity index is 423. The number of aliphatic carboxylic acids is 2. The third kappa shape index (κ3) is 5.69. The van der Waals surface area contributed by atoms with E-state index in [1.54, 1.807) is 0 Å². The van der Waals surface area contributed by atoms with Crippen LogP contribution in [0.15, 0.2) is 10.2 Å². The van der Waals surface area contributed by atoms with Crippen molar-refractivity contribution >= 4 is 11.9 Å². The van der Waals surface area contributed by atoms with Crippen LogP contribution in [0.25, 0.3) is 0 Å². The molecule has 3 unspecified atom stereocenters. The van der Waals surface area contributed by atoms with E-state index in [4.69, 9.17) is 5.11 Å². The first-order valence-corrected chi connectivity index (χ1v) is 7.10. The van der Waals surface area contributed by atoms with Crippen molar-refractivity contribution < 1.29 is 30.0 Å². The summed E-state index contributed by atoms with van der Waals surface area (Å²) in [5.41, 5.74) is -3.29. The van der Waals surface area contributed by atoms with E-state index in [1.807, 2.05) is 0 Å². The predicted molar refractivity (Wildman–Crippen MR) is 78.7 cm³/mol. The minimum Gasteiger partial charge on any atom is -0.479 e. The van der Waals surface area contributed by atoms with Crippen LogP contribution in [0.3, 0.4) is 0 Å². The molecule has 0 radical (unpaired) electrons. The van der Waals surface area contributed by atoms with Crippen LogP contribution < -0.4 is 0 Å². The second-order valence-electron chi connectivity index (χ2n) is 6.38. The first kappa shape index (κ1) is 20.5. The molecule has 0 saturated carbocycles. The molecule has 0 aliphatic carbocycles. The molecule has 0 spiro atoms. The summed E-state index contributed by atoms with van der Waals surface area (Å²) in [5, 5.41) is 45.1. The minimum absolute atomic E-state index is 0.0974. The van der Waals surface area contributed by atoms with E-state index in [9.17, 15) is 24.9 Å². The maximum atomic E-state index is 11.6. The summed E-state index contributed by atoms with van der Waals surface area (Å²) in [4.78, 5) is 22.7. The summed E-state index contributed by atoms with van der Waals surface area (Å²) in [7, 11) is 0. The van der Waals surface area contributed by atoms with Crippen LogP contribution in [0.2, 0.25) is 0 Å². The molecule has 0 aliphatic heterocycles. The zero-order chi connectivity index (χ0) is 17.7. The van der Waals surface area contributed by atoms with Gasteiger partial charge >= 0.3 is 11.9 Å². The van der Waals surface area contributed by atoms with Crippen molar-refractivity contribution in [2.75, 3.05) is 0 Å². The van der Waals surface area contributed by atoms with E-state index in [0.717, 1.165) is 0 Å². The maximum Gasteiger partial charge on any atom is 0.333 e. The number of hydrogen-bond acceptors (Lipinski definition) is 6. The number of azo groups is 1. The Morgan fingerprint density at radius 2 is 1.32 bits per heavy atom. The van der Waals surface area contributed by atoms with Gasteiger partial charge < -0.3 is 20.4 Å². The molecule has 0 amide bonds. The molecule has 0 rings (SSSR count). The van der Waals surface area contributed by atoms with Gasteiger partial charge in [-0.3, -0.25) is 0 Å². The standard InChI is InChI=1S/C14H26N2O6/c1-8(17)6-10(7-9(2)18)14(5,12(21)22)16-15-13(3,4)11(19)20/h8-10,17-18H,6-7H2,1-5H3,(H,19,20)(H,21,22). The van der Waals surface area contributed by atoms with Gasteiger partial charge in [0.2, 0.25) is 0 Å². The van der Waals surface area contributed by atoms with Gasteiger partial charge in [0.25, 0.3) is 0 Å². The van der Waals surface area contributed by atoms with Crippen molar-refractivity contribution in [3.8, 4) is 0 Å². The van der Waals surface area contributed by atoms with Gasteiger partial charge in [0, 0.05) is 5.92 Å². The van der Waals surface area contributed by atoms with E-state index < -0.39 is 41.1 Å². The third-order valence-corrected chi connectivity index (χ3v) is 3.51. The predicted octanol–water partition coefficient (Wildman–Crippen LogP) is 1.30. The lowest BCUT2D eigenvalue weighted by Gasteiger charge is -2.32. The molecule has 8 nitrogen and oxygen atoms in total. The van der Waals surface area contributed by atoms with Crippen molar-refractivity contribution in [3.63, 3.8) is 0 Å². The number of hydrogen-bond donors (Lipinski definition) is 4. The average molecular weight is 318 g/mol. The Kier molecular flexibility index (Phi) is 7.11. The molecular formula is C14H26N2O6. The Hall–Kier alpha value is -1.54. The number of aliphatic hydroxyl groups is 2. The molecule has 8 heteroatoms. The van der Waals surface area contributed by atoms with Crippen LogP contribution >= 0.6 is 0 Å². The van der Waals surface area contributed by atoms with Crippen LogP contribution in [-0.4, -0.2) is 55.7 Å². The van der Waals surface area contributed by atoms with Crippen molar-refractivity contribution in [3.05, 3.63) is 0 Å². The number of carboxylic acid groups (broad SMARTS) is 2. The number of nitrogens with zero attached hydrogens (tertiary/aromatic N) is 2. The Balaban J connectivity index is 5.65. The van der Waals surface area contributed by atoms with E-state index in [2.05, 4.69) is 10.2 Å². The lowest BCUT2D eigenvalue weighted by molar-refractivity contribution is -0.147. The van der Waals surface area contributed by atoms with Gasteiger partial charge in [-0.05, 0) is 47.5 Å². The van der Waals surface area contributed by atoms with E-state index in [-0.39, 0.29) is 12.8 Å². The summed E-state index contributed by atoms with van der Waals surface area (Å²) in [6.45, 7) is 6.94. The third-order valence-electron chi connectivity index (χ3n) is 3.51. The van der Waals surface area contributed by atoms with Crippen LogP contribution in [0.1, 0.15) is 47.5 Å². The Morgan fingerprint density at radius 1 is 0.909 bits per heavy atom. The smallest absolute Gasteiger partial charge is 0.333 e. The first-order chi connectivity index (χ1) is 9.82. The largest absolute Gasteiger partial charge is 0.479 e. The monoisotopic (exact) mass is 318 g/mol. The van der Waals surface area contributed by atoms with Crippen LogP contribution in [-0.2, 0) is 9.59 Å². The van der Waals surface area contributed by atoms with Gasteiger partial charge in [0.15, 0.2) is 11.1 Å². The quantitative estimate of drug-likeness (QED) is 0.472. The van der Waals surface area contributed by atoms with Gasteiger partial charge in [-0.25, -0.2) is 9.59 Å². The highest BCUT2D eigenvalue weighted by Crippen LogP contribution is 2.32. The molecule has 0 fully saturated rings. The fraction of sp³-hybridized carbons (Fsp3) is 0.857. The topological polar surface area (TPSA) is 140 Å². The molecule has 4 N–H and O–H groups in total. The second kappa shape index (κ2) is 7.64. The van der Waals surface area contributed by atoms with Crippen molar-refractivity contribution in [2.45, 2.75) is 70.7 Å². The van der Waals surface area contributed by atoms with Crippen molar-refractivity contribution in [1.82, 2.24) is 0 Å². The summed E-state index contributed by atoms with van der Waals surface area (Å²) < 4.78 is 0. The molecule has 0 saturated heterocycles. The van der Waals surface area contributed by atoms with Crippen molar-refractivity contribution in [2.24, 2.45) is 16.1 Å². The molecule has 0 aromatic heterocycles. The average Bonchev–Trinajstić information content (AvgIpc) is 2.33. The highest BCUT2D eigenvalue weighted by Gasteiger charge is 2.44. The normalized spacial score (nSPS) is 19.4. The molecule has 0 aromatic carbocycles. The fourth-order valence-electron chi connectivity index (χ4n) is 1.95. The number of aliphatic hydroxyl groups excluding tert-OH is 2. The summed E-state index contributed by atoms with van der Waals surface area (Å²) >= 11 is 0. The van der Waals surface area contributed by atoms with E-state index in [1.165, 1.54) is 34.6 Å². The molecule has 128 valence electrons. The summed E-state index contributed by atoms with van der Waals surface area (Å²) in [6.07, 6.45) is -1.38. The number of rotatable bonds is 9. The summed E-state index contributed by atoms with van der Waals surface area (Å²) in [5.74, 6) is -3.21. The lowest BCUT2D eigenvalue weighted by atomic mass is 9.79. The van der Waals surface area contributed by atoms with Gasteiger partial charge in [0.1, 0.15) is 0 Å². The van der Waals surface area contributed by atoms with Gasteiger partial charge in [-0.2, -0.15) is 10.2 Å². The highest BCUT2D eigenvalue weighted by molar-refractivity contribution is 5.79. The minimum atomic E-state index is -1.74. The molecule has 3 atom stereocenters. The molecule has 0 aliphatic rings. The van der Waals surface area contributed by atoms with Gasteiger partial charge in [-0.1, -0.05) is 0 Å². The molecule has 0 bridgehead atoms. The van der Waals surface area contributed by atoms with Crippen LogP contribution in [0.4, 0.5) is 0 Å². The Morgan fingerprint density at radius 3 is 1.59 bits per heavy atom.